The van der Waals surface area contributed by atoms with Gasteiger partial charge in [-0.1, -0.05) is 0 Å². The Morgan fingerprint density at radius 1 is 1.11 bits per heavy atom. The average molecular weight is 241 g/mol. The summed E-state index contributed by atoms with van der Waals surface area (Å²) in [6.07, 6.45) is 6.01. The number of nitrogens with zero attached hydrogens (tertiary/aromatic N) is 4. The second-order valence-corrected chi connectivity index (χ2v) is 4.61. The van der Waals surface area contributed by atoms with Gasteiger partial charge in [0.1, 0.15) is 5.82 Å². The standard InChI is InChI=1S/C13H15N5/c1-8-6-15-12(16-7-8)13-17-10(9-3-4-9)5-11(14-2)18-13/h5-7,9H,3-4H2,1-2H3,(H,14,17,18). The number of aromatic nitrogens is 4. The van der Waals surface area contributed by atoms with Crippen LogP contribution in [0.3, 0.4) is 0 Å². The molecule has 0 saturated heterocycles. The fourth-order valence-corrected chi connectivity index (χ4v) is 1.79. The zero-order valence-corrected chi connectivity index (χ0v) is 10.5. The summed E-state index contributed by atoms with van der Waals surface area (Å²) >= 11 is 0. The van der Waals surface area contributed by atoms with Crippen molar-refractivity contribution in [2.75, 3.05) is 12.4 Å². The highest BCUT2D eigenvalue weighted by molar-refractivity contribution is 5.49. The lowest BCUT2D eigenvalue weighted by atomic mass is 10.2. The molecule has 1 saturated carbocycles. The second kappa shape index (κ2) is 4.33. The zero-order chi connectivity index (χ0) is 12.5. The molecule has 2 heterocycles. The number of nitrogens with one attached hydrogen (secondary N) is 1. The maximum Gasteiger partial charge on any atom is 0.199 e. The largest absolute Gasteiger partial charge is 0.373 e. The first-order valence-electron chi connectivity index (χ1n) is 6.12. The molecule has 1 aliphatic carbocycles. The van der Waals surface area contributed by atoms with Crippen LogP contribution in [0.1, 0.15) is 30.0 Å². The van der Waals surface area contributed by atoms with E-state index in [1.54, 1.807) is 12.4 Å². The van der Waals surface area contributed by atoms with E-state index in [9.17, 15) is 0 Å². The number of hydrogen-bond acceptors (Lipinski definition) is 5. The van der Waals surface area contributed by atoms with Crippen LogP contribution in [0.15, 0.2) is 18.5 Å². The van der Waals surface area contributed by atoms with Gasteiger partial charge in [-0.15, -0.1) is 0 Å². The molecular formula is C13H15N5. The van der Waals surface area contributed by atoms with Crippen LogP contribution >= 0.6 is 0 Å². The van der Waals surface area contributed by atoms with Crippen LogP contribution < -0.4 is 5.32 Å². The van der Waals surface area contributed by atoms with Crippen molar-refractivity contribution in [2.45, 2.75) is 25.7 Å². The monoisotopic (exact) mass is 241 g/mol. The van der Waals surface area contributed by atoms with Crippen LogP contribution in [0, 0.1) is 6.92 Å². The van der Waals surface area contributed by atoms with Crippen LogP contribution in [-0.4, -0.2) is 27.0 Å². The number of aryl methyl sites for hydroxylation is 1. The Hall–Kier alpha value is -2.04. The summed E-state index contributed by atoms with van der Waals surface area (Å²) in [7, 11) is 1.86. The van der Waals surface area contributed by atoms with Crippen LogP contribution in [0.4, 0.5) is 5.82 Å². The van der Waals surface area contributed by atoms with Gasteiger partial charge in [-0.25, -0.2) is 19.9 Å². The fraction of sp³-hybridized carbons (Fsp3) is 0.385. The minimum atomic E-state index is 0.583. The van der Waals surface area contributed by atoms with Crippen molar-refractivity contribution in [2.24, 2.45) is 0 Å². The Kier molecular flexibility index (Phi) is 2.66. The third kappa shape index (κ3) is 2.16. The Labute approximate surface area is 106 Å². The predicted octanol–water partition coefficient (Wildman–Crippen LogP) is 2.16. The third-order valence-corrected chi connectivity index (χ3v) is 2.98. The highest BCUT2D eigenvalue weighted by atomic mass is 15.1. The topological polar surface area (TPSA) is 63.6 Å². The highest BCUT2D eigenvalue weighted by Crippen LogP contribution is 2.39. The van der Waals surface area contributed by atoms with Gasteiger partial charge in [0.2, 0.25) is 0 Å². The van der Waals surface area contributed by atoms with Gasteiger partial charge < -0.3 is 5.32 Å². The van der Waals surface area contributed by atoms with Gasteiger partial charge in [0.25, 0.3) is 0 Å². The van der Waals surface area contributed by atoms with E-state index in [0.717, 1.165) is 17.1 Å². The molecule has 2 aromatic heterocycles. The van der Waals surface area contributed by atoms with E-state index in [1.165, 1.54) is 12.8 Å². The van der Waals surface area contributed by atoms with Gasteiger partial charge in [-0.05, 0) is 25.3 Å². The van der Waals surface area contributed by atoms with E-state index in [-0.39, 0.29) is 0 Å². The van der Waals surface area contributed by atoms with Gasteiger partial charge in [-0.2, -0.15) is 0 Å². The van der Waals surface area contributed by atoms with Gasteiger partial charge in [0, 0.05) is 37.1 Å². The minimum absolute atomic E-state index is 0.583. The van der Waals surface area contributed by atoms with Crippen molar-refractivity contribution in [1.82, 2.24) is 19.9 Å². The molecule has 1 aliphatic rings. The van der Waals surface area contributed by atoms with Gasteiger partial charge in [-0.3, -0.25) is 0 Å². The van der Waals surface area contributed by atoms with Crippen molar-refractivity contribution in [3.05, 3.63) is 29.7 Å². The molecule has 0 atom stereocenters. The number of rotatable bonds is 3. The summed E-state index contributed by atoms with van der Waals surface area (Å²) in [5.74, 6) is 2.60. The molecule has 3 rings (SSSR count). The van der Waals surface area contributed by atoms with Crippen molar-refractivity contribution < 1.29 is 0 Å². The van der Waals surface area contributed by atoms with Gasteiger partial charge in [0.05, 0.1) is 0 Å². The maximum absolute atomic E-state index is 4.57. The SMILES string of the molecule is CNc1cc(C2CC2)nc(-c2ncc(C)cn2)n1. The second-order valence-electron chi connectivity index (χ2n) is 4.61. The molecule has 0 radical (unpaired) electrons. The summed E-state index contributed by atoms with van der Waals surface area (Å²) in [6, 6.07) is 2.01. The van der Waals surface area contributed by atoms with Crippen molar-refractivity contribution in [3.63, 3.8) is 0 Å². The van der Waals surface area contributed by atoms with E-state index in [1.807, 2.05) is 20.0 Å². The predicted molar refractivity (Wildman–Crippen MR) is 69.3 cm³/mol. The summed E-state index contributed by atoms with van der Waals surface area (Å²) in [5.41, 5.74) is 2.12. The molecule has 1 N–H and O–H groups in total. The minimum Gasteiger partial charge on any atom is -0.373 e. The van der Waals surface area contributed by atoms with Crippen LogP contribution in [0.2, 0.25) is 0 Å². The van der Waals surface area contributed by atoms with E-state index < -0.39 is 0 Å². The smallest absolute Gasteiger partial charge is 0.199 e. The number of hydrogen-bond donors (Lipinski definition) is 1. The van der Waals surface area contributed by atoms with Gasteiger partial charge >= 0.3 is 0 Å². The number of anilines is 1. The fourth-order valence-electron chi connectivity index (χ4n) is 1.79. The highest BCUT2D eigenvalue weighted by Gasteiger charge is 2.26. The molecule has 92 valence electrons. The Bertz CT molecular complexity index is 560. The molecular weight excluding hydrogens is 226 g/mol. The molecule has 5 heteroatoms. The van der Waals surface area contributed by atoms with Crippen LogP contribution in [0.25, 0.3) is 11.6 Å². The quantitative estimate of drug-likeness (QED) is 0.892. The molecule has 0 spiro atoms. The van der Waals surface area contributed by atoms with Gasteiger partial charge in [0.15, 0.2) is 11.6 Å². The summed E-state index contributed by atoms with van der Waals surface area (Å²) in [4.78, 5) is 17.5. The Balaban J connectivity index is 2.04. The lowest BCUT2D eigenvalue weighted by Gasteiger charge is -2.06. The molecule has 0 unspecified atom stereocenters. The normalized spacial score (nSPS) is 14.6. The first kappa shape index (κ1) is 11.1. The van der Waals surface area contributed by atoms with E-state index in [2.05, 4.69) is 25.3 Å². The molecule has 0 amide bonds. The molecule has 0 aliphatic heterocycles. The lowest BCUT2D eigenvalue weighted by molar-refractivity contribution is 0.973. The maximum atomic E-state index is 4.57. The molecule has 18 heavy (non-hydrogen) atoms. The molecule has 0 aromatic carbocycles. The summed E-state index contributed by atoms with van der Waals surface area (Å²) < 4.78 is 0. The van der Waals surface area contributed by atoms with E-state index >= 15 is 0 Å². The molecule has 2 aromatic rings. The van der Waals surface area contributed by atoms with Crippen molar-refractivity contribution in [3.8, 4) is 11.6 Å². The van der Waals surface area contributed by atoms with Crippen molar-refractivity contribution in [1.29, 1.82) is 0 Å². The lowest BCUT2D eigenvalue weighted by Crippen LogP contribution is -2.02. The zero-order valence-electron chi connectivity index (χ0n) is 10.5. The average Bonchev–Trinajstić information content (AvgIpc) is 3.23. The third-order valence-electron chi connectivity index (χ3n) is 2.98. The first-order valence-corrected chi connectivity index (χ1v) is 6.12. The van der Waals surface area contributed by atoms with Crippen LogP contribution in [0.5, 0.6) is 0 Å². The summed E-state index contributed by atoms with van der Waals surface area (Å²) in [5, 5.41) is 3.06. The van der Waals surface area contributed by atoms with E-state index in [4.69, 9.17) is 0 Å². The molecule has 0 bridgehead atoms. The molecule has 5 nitrogen and oxygen atoms in total. The summed E-state index contributed by atoms with van der Waals surface area (Å²) in [6.45, 7) is 1.96. The Morgan fingerprint density at radius 3 is 2.44 bits per heavy atom. The molecule has 1 fully saturated rings. The Morgan fingerprint density at radius 2 is 1.83 bits per heavy atom. The first-order chi connectivity index (χ1) is 8.76. The van der Waals surface area contributed by atoms with E-state index in [0.29, 0.717) is 17.6 Å². The van der Waals surface area contributed by atoms with Crippen molar-refractivity contribution >= 4 is 5.82 Å². The van der Waals surface area contributed by atoms with Crippen LogP contribution in [-0.2, 0) is 0 Å².